The number of anilines is 1. The van der Waals surface area contributed by atoms with Crippen LogP contribution < -0.4 is 16.4 Å². The third kappa shape index (κ3) is 7.91. The summed E-state index contributed by atoms with van der Waals surface area (Å²) in [6, 6.07) is 20.9. The molecule has 0 radical (unpaired) electrons. The van der Waals surface area contributed by atoms with Crippen molar-refractivity contribution in [1.82, 2.24) is 10.3 Å². The molecule has 10 heteroatoms. The number of hydrogen-bond acceptors (Lipinski definition) is 6. The molecule has 0 aliphatic carbocycles. The van der Waals surface area contributed by atoms with Crippen LogP contribution in [0.4, 0.5) is 10.1 Å². The fraction of sp³-hybridized carbons (Fsp3) is 0.206. The minimum atomic E-state index is -0.767. The summed E-state index contributed by atoms with van der Waals surface area (Å²) >= 11 is 0. The first kappa shape index (κ1) is 31.6. The predicted molar refractivity (Wildman–Crippen MR) is 167 cm³/mol. The molecule has 2 amide bonds. The maximum absolute atomic E-state index is 14.5. The van der Waals surface area contributed by atoms with Gasteiger partial charge in [0, 0.05) is 29.1 Å². The number of esters is 1. The minimum Gasteiger partial charge on any atom is -0.457 e. The molecule has 0 atom stereocenters. The molecular formula is C34H34FN5O4. The fourth-order valence-corrected chi connectivity index (χ4v) is 4.29. The quantitative estimate of drug-likeness (QED) is 0.108. The number of aryl methyl sites for hydroxylation is 1. The second-order valence-electron chi connectivity index (χ2n) is 11.5. The molecule has 4 aromatic rings. The highest BCUT2D eigenvalue weighted by Gasteiger charge is 2.24. The van der Waals surface area contributed by atoms with E-state index in [0.717, 1.165) is 11.6 Å². The summed E-state index contributed by atoms with van der Waals surface area (Å²) in [6.07, 6.45) is 0. The van der Waals surface area contributed by atoms with E-state index in [4.69, 9.17) is 15.9 Å². The first-order valence-electron chi connectivity index (χ1n) is 13.9. The number of carbonyl (C=O) groups excluding carboxylic acids is 3. The smallest absolute Gasteiger partial charge is 0.339 e. The van der Waals surface area contributed by atoms with E-state index in [-0.39, 0.29) is 46.0 Å². The zero-order valence-corrected chi connectivity index (χ0v) is 25.0. The summed E-state index contributed by atoms with van der Waals surface area (Å²) in [5.41, 5.74) is 7.51. The number of rotatable bonds is 9. The van der Waals surface area contributed by atoms with Gasteiger partial charge in [0.2, 0.25) is 0 Å². The Bertz CT molecular complexity index is 1730. The lowest BCUT2D eigenvalue weighted by atomic mass is 9.94. The van der Waals surface area contributed by atoms with Crippen molar-refractivity contribution in [2.24, 2.45) is 11.1 Å². The number of carbonyl (C=O) groups is 3. The first-order chi connectivity index (χ1) is 20.8. The monoisotopic (exact) mass is 595 g/mol. The molecule has 0 aliphatic rings. The molecule has 1 aromatic heterocycles. The van der Waals surface area contributed by atoms with Crippen LogP contribution in [0.1, 0.15) is 68.8 Å². The standard InChI is InChI=1S/C34H34FN5O4/c1-20-10-13-25(29(39-20)32(42)40-23-12-15-26(30(36)37)28(35)17-23)24-14-11-22(31(41)38-19-34(2,3)4)16-27(24)33(43)44-18-21-8-6-5-7-9-21/h5-17H,18-19H2,1-4H3,(H3,36,37)(H,38,41)(H,40,42). The molecule has 0 unspecified atom stereocenters. The lowest BCUT2D eigenvalue weighted by Crippen LogP contribution is -2.32. The van der Waals surface area contributed by atoms with Gasteiger partial charge in [0.1, 0.15) is 24.0 Å². The van der Waals surface area contributed by atoms with Gasteiger partial charge < -0.3 is 21.1 Å². The number of pyridine rings is 1. The Balaban J connectivity index is 1.73. The van der Waals surface area contributed by atoms with E-state index in [1.165, 1.54) is 18.2 Å². The summed E-state index contributed by atoms with van der Waals surface area (Å²) in [6.45, 7) is 8.10. The molecule has 226 valence electrons. The van der Waals surface area contributed by atoms with Gasteiger partial charge in [-0.1, -0.05) is 63.2 Å². The van der Waals surface area contributed by atoms with Crippen molar-refractivity contribution in [3.05, 3.63) is 118 Å². The maximum atomic E-state index is 14.5. The van der Waals surface area contributed by atoms with Crippen LogP contribution in [0.3, 0.4) is 0 Å². The number of amidine groups is 1. The van der Waals surface area contributed by atoms with Crippen molar-refractivity contribution in [3.63, 3.8) is 0 Å². The van der Waals surface area contributed by atoms with Gasteiger partial charge in [-0.25, -0.2) is 14.2 Å². The zero-order valence-electron chi connectivity index (χ0n) is 25.0. The van der Waals surface area contributed by atoms with E-state index >= 15 is 0 Å². The molecule has 0 bridgehead atoms. The Morgan fingerprint density at radius 3 is 2.27 bits per heavy atom. The van der Waals surface area contributed by atoms with Gasteiger partial charge in [-0.05, 0) is 59.9 Å². The normalized spacial score (nSPS) is 11.0. The van der Waals surface area contributed by atoms with Crippen LogP contribution in [0.2, 0.25) is 0 Å². The third-order valence-electron chi connectivity index (χ3n) is 6.55. The highest BCUT2D eigenvalue weighted by molar-refractivity contribution is 6.10. The average molecular weight is 596 g/mol. The topological polar surface area (TPSA) is 147 Å². The molecule has 44 heavy (non-hydrogen) atoms. The van der Waals surface area contributed by atoms with E-state index in [1.807, 2.05) is 51.1 Å². The Kier molecular flexibility index (Phi) is 9.53. The summed E-state index contributed by atoms with van der Waals surface area (Å²) in [5.74, 6) is -2.92. The highest BCUT2D eigenvalue weighted by Crippen LogP contribution is 2.30. The van der Waals surface area contributed by atoms with Gasteiger partial charge in [-0.2, -0.15) is 0 Å². The van der Waals surface area contributed by atoms with E-state index in [9.17, 15) is 18.8 Å². The number of nitrogens with one attached hydrogen (secondary N) is 3. The number of halogens is 1. The number of amides is 2. The fourth-order valence-electron chi connectivity index (χ4n) is 4.29. The first-order valence-corrected chi connectivity index (χ1v) is 13.9. The SMILES string of the molecule is Cc1ccc(-c2ccc(C(=O)NCC(C)(C)C)cc2C(=O)OCc2ccccc2)c(C(=O)Nc2ccc(C(=N)N)c(F)c2)n1. The molecule has 0 fully saturated rings. The van der Waals surface area contributed by atoms with Crippen molar-refractivity contribution in [2.75, 3.05) is 11.9 Å². The Morgan fingerprint density at radius 2 is 1.61 bits per heavy atom. The van der Waals surface area contributed by atoms with Crippen LogP contribution in [-0.4, -0.2) is 35.1 Å². The van der Waals surface area contributed by atoms with Crippen molar-refractivity contribution in [3.8, 4) is 11.1 Å². The second kappa shape index (κ2) is 13.3. The number of hydrogen-bond donors (Lipinski definition) is 4. The molecule has 0 saturated heterocycles. The maximum Gasteiger partial charge on any atom is 0.339 e. The summed E-state index contributed by atoms with van der Waals surface area (Å²) in [7, 11) is 0. The van der Waals surface area contributed by atoms with Crippen LogP contribution in [0.15, 0.2) is 78.9 Å². The van der Waals surface area contributed by atoms with Gasteiger partial charge in [0.25, 0.3) is 11.8 Å². The third-order valence-corrected chi connectivity index (χ3v) is 6.55. The van der Waals surface area contributed by atoms with Crippen molar-refractivity contribution >= 4 is 29.3 Å². The Labute approximate surface area is 255 Å². The molecule has 5 N–H and O–H groups in total. The number of nitrogens with two attached hydrogens (primary N) is 1. The second-order valence-corrected chi connectivity index (χ2v) is 11.5. The van der Waals surface area contributed by atoms with Gasteiger partial charge >= 0.3 is 5.97 Å². The van der Waals surface area contributed by atoms with E-state index in [2.05, 4.69) is 15.6 Å². The van der Waals surface area contributed by atoms with Gasteiger partial charge in [-0.15, -0.1) is 0 Å². The molecular weight excluding hydrogens is 561 g/mol. The van der Waals surface area contributed by atoms with Crippen molar-refractivity contribution in [2.45, 2.75) is 34.3 Å². The summed E-state index contributed by atoms with van der Waals surface area (Å²) in [4.78, 5) is 44.5. The molecule has 9 nitrogen and oxygen atoms in total. The van der Waals surface area contributed by atoms with E-state index in [1.54, 1.807) is 31.2 Å². The van der Waals surface area contributed by atoms with Crippen LogP contribution in [0.25, 0.3) is 11.1 Å². The number of ether oxygens (including phenoxy) is 1. The molecule has 0 spiro atoms. The number of nitrogen functional groups attached to an aromatic ring is 1. The van der Waals surface area contributed by atoms with Crippen molar-refractivity contribution < 1.29 is 23.5 Å². The lowest BCUT2D eigenvalue weighted by molar-refractivity contribution is 0.0473. The Hall–Kier alpha value is -5.38. The Morgan fingerprint density at radius 1 is 0.909 bits per heavy atom. The predicted octanol–water partition coefficient (Wildman–Crippen LogP) is 5.87. The minimum absolute atomic E-state index is 0.000868. The average Bonchev–Trinajstić information content (AvgIpc) is 2.98. The van der Waals surface area contributed by atoms with E-state index in [0.29, 0.717) is 23.4 Å². The van der Waals surface area contributed by atoms with Crippen LogP contribution in [-0.2, 0) is 11.3 Å². The largest absolute Gasteiger partial charge is 0.457 e. The number of aromatic nitrogens is 1. The summed E-state index contributed by atoms with van der Waals surface area (Å²) in [5, 5.41) is 13.0. The molecule has 3 aromatic carbocycles. The van der Waals surface area contributed by atoms with Gasteiger partial charge in [0.05, 0.1) is 11.1 Å². The van der Waals surface area contributed by atoms with Crippen LogP contribution >= 0.6 is 0 Å². The zero-order chi connectivity index (χ0) is 32.0. The summed E-state index contributed by atoms with van der Waals surface area (Å²) < 4.78 is 20.1. The molecule has 4 rings (SSSR count). The molecule has 0 aliphatic heterocycles. The van der Waals surface area contributed by atoms with Gasteiger partial charge in [0.15, 0.2) is 0 Å². The molecule has 1 heterocycles. The van der Waals surface area contributed by atoms with Crippen molar-refractivity contribution in [1.29, 1.82) is 5.41 Å². The van der Waals surface area contributed by atoms with Crippen LogP contribution in [0.5, 0.6) is 0 Å². The van der Waals surface area contributed by atoms with E-state index < -0.39 is 23.5 Å². The lowest BCUT2D eigenvalue weighted by Gasteiger charge is -2.19. The van der Waals surface area contributed by atoms with Crippen LogP contribution in [0, 0.1) is 23.6 Å². The number of benzene rings is 3. The highest BCUT2D eigenvalue weighted by atomic mass is 19.1. The van der Waals surface area contributed by atoms with Gasteiger partial charge in [-0.3, -0.25) is 15.0 Å². The molecule has 0 saturated carbocycles. The number of nitrogens with zero attached hydrogens (tertiary/aromatic N) is 1.